The van der Waals surface area contributed by atoms with Crippen molar-refractivity contribution in [2.75, 3.05) is 15.8 Å². The number of hydrogen-bond acceptors (Lipinski definition) is 5. The molecule has 0 aliphatic carbocycles. The zero-order valence-electron chi connectivity index (χ0n) is 18.9. The predicted molar refractivity (Wildman–Crippen MR) is 134 cm³/mol. The van der Waals surface area contributed by atoms with E-state index in [0.29, 0.717) is 29.2 Å². The zero-order valence-corrected chi connectivity index (χ0v) is 19.7. The van der Waals surface area contributed by atoms with Gasteiger partial charge in [-0.2, -0.15) is 0 Å². The molecule has 0 aliphatic heterocycles. The van der Waals surface area contributed by atoms with E-state index in [4.69, 9.17) is 0 Å². The molecule has 0 atom stereocenters. The lowest BCUT2D eigenvalue weighted by Gasteiger charge is -2.13. The fraction of sp³-hybridized carbons (Fsp3) is 0.160. The van der Waals surface area contributed by atoms with Gasteiger partial charge >= 0.3 is 0 Å². The molecule has 0 unspecified atom stereocenters. The number of aromatic nitrogens is 3. The van der Waals surface area contributed by atoms with Crippen molar-refractivity contribution in [2.45, 2.75) is 20.3 Å². The Morgan fingerprint density at radius 3 is 2.24 bits per heavy atom. The van der Waals surface area contributed by atoms with E-state index >= 15 is 0 Å². The Morgan fingerprint density at radius 1 is 0.912 bits per heavy atom. The smallest absolute Gasteiger partial charge is 0.295 e. The third-order valence-corrected chi connectivity index (χ3v) is 6.64. The molecule has 9 heteroatoms. The topological polar surface area (TPSA) is 106 Å². The molecule has 4 aromatic rings. The lowest BCUT2D eigenvalue weighted by molar-refractivity contribution is 0.101. The van der Waals surface area contributed by atoms with Gasteiger partial charge in [0.05, 0.1) is 17.1 Å². The highest BCUT2D eigenvalue weighted by atomic mass is 32.2. The van der Waals surface area contributed by atoms with E-state index in [9.17, 15) is 13.2 Å². The van der Waals surface area contributed by atoms with Crippen molar-refractivity contribution in [3.8, 4) is 17.1 Å². The number of amides is 1. The maximum atomic E-state index is 13.1. The summed E-state index contributed by atoms with van der Waals surface area (Å²) >= 11 is 0. The molecule has 34 heavy (non-hydrogen) atoms. The molecule has 0 aliphatic rings. The normalized spacial score (nSPS) is 11.2. The van der Waals surface area contributed by atoms with Crippen molar-refractivity contribution in [2.24, 2.45) is 0 Å². The molecule has 0 radical (unpaired) electrons. The fourth-order valence-electron chi connectivity index (χ4n) is 3.48. The Morgan fingerprint density at radius 2 is 1.56 bits per heavy atom. The molecular weight excluding hydrogens is 450 g/mol. The first-order valence-corrected chi connectivity index (χ1v) is 12.5. The Balaban J connectivity index is 1.66. The molecule has 1 heterocycles. The van der Waals surface area contributed by atoms with Crippen molar-refractivity contribution < 1.29 is 13.2 Å². The fourth-order valence-corrected chi connectivity index (χ4v) is 4.67. The van der Waals surface area contributed by atoms with Crippen LogP contribution in [0.15, 0.2) is 78.9 Å². The number of benzene rings is 3. The number of nitrogens with one attached hydrogen (secondary N) is 2. The van der Waals surface area contributed by atoms with Crippen LogP contribution in [0.5, 0.6) is 0 Å². The molecular formula is C25H25N5O3S. The average Bonchev–Trinajstić information content (AvgIpc) is 3.28. The first-order valence-electron chi connectivity index (χ1n) is 10.9. The summed E-state index contributed by atoms with van der Waals surface area (Å²) in [6.07, 6.45) is 0.504. The molecule has 0 fully saturated rings. The van der Waals surface area contributed by atoms with Gasteiger partial charge in [0.1, 0.15) is 0 Å². The molecule has 0 saturated heterocycles. The molecule has 3 aromatic carbocycles. The first kappa shape index (κ1) is 23.2. The summed E-state index contributed by atoms with van der Waals surface area (Å²) in [6, 6.07) is 24.0. The quantitative estimate of drug-likeness (QED) is 0.386. The van der Waals surface area contributed by atoms with Crippen molar-refractivity contribution >= 4 is 27.3 Å². The predicted octanol–water partition coefficient (Wildman–Crippen LogP) is 4.65. The number of sulfonamides is 1. The van der Waals surface area contributed by atoms with Gasteiger partial charge in [0.15, 0.2) is 5.82 Å². The van der Waals surface area contributed by atoms with Gasteiger partial charge in [-0.25, -0.2) is 18.1 Å². The largest absolute Gasteiger partial charge is 0.319 e. The summed E-state index contributed by atoms with van der Waals surface area (Å²) in [7, 11) is -3.46. The standard InChI is InChI=1S/C25H25N5O3S/c1-3-17-34(32,33)29-22-16-10-15-21(18(22)2)26-25(31)23-27-24(19-11-6-4-7-12-19)30(28-23)20-13-8-5-9-14-20/h4-16,29H,3,17H2,1-2H3,(H,26,31). The van der Waals surface area contributed by atoms with E-state index in [1.807, 2.05) is 60.7 Å². The van der Waals surface area contributed by atoms with Crippen LogP contribution in [0.25, 0.3) is 17.1 Å². The molecule has 4 rings (SSSR count). The van der Waals surface area contributed by atoms with Gasteiger partial charge < -0.3 is 5.32 Å². The molecule has 2 N–H and O–H groups in total. The lowest BCUT2D eigenvalue weighted by atomic mass is 10.1. The van der Waals surface area contributed by atoms with Gasteiger partial charge in [-0.15, -0.1) is 5.10 Å². The summed E-state index contributed by atoms with van der Waals surface area (Å²) < 4.78 is 28.6. The second-order valence-corrected chi connectivity index (χ2v) is 9.57. The molecule has 1 amide bonds. The van der Waals surface area contributed by atoms with E-state index in [0.717, 1.165) is 11.3 Å². The Bertz CT molecular complexity index is 1340. The summed E-state index contributed by atoms with van der Waals surface area (Å²) in [6.45, 7) is 3.54. The minimum absolute atomic E-state index is 0.000858. The van der Waals surface area contributed by atoms with Crippen molar-refractivity contribution in [1.29, 1.82) is 0 Å². The Hall–Kier alpha value is -3.98. The Kier molecular flexibility index (Phi) is 6.74. The minimum Gasteiger partial charge on any atom is -0.319 e. The minimum atomic E-state index is -3.46. The van der Waals surface area contributed by atoms with Crippen LogP contribution in [0.4, 0.5) is 11.4 Å². The SMILES string of the molecule is CCCS(=O)(=O)Nc1cccc(NC(=O)c2nc(-c3ccccc3)n(-c3ccccc3)n2)c1C. The second-order valence-electron chi connectivity index (χ2n) is 7.73. The highest BCUT2D eigenvalue weighted by molar-refractivity contribution is 7.92. The highest BCUT2D eigenvalue weighted by Gasteiger charge is 2.20. The first-order chi connectivity index (χ1) is 16.4. The number of anilines is 2. The summed E-state index contributed by atoms with van der Waals surface area (Å²) in [5.41, 5.74) is 3.08. The lowest BCUT2D eigenvalue weighted by Crippen LogP contribution is -2.18. The summed E-state index contributed by atoms with van der Waals surface area (Å²) in [5.74, 6) is 0.0592. The van der Waals surface area contributed by atoms with Gasteiger partial charge in [0.2, 0.25) is 15.8 Å². The van der Waals surface area contributed by atoms with Gasteiger partial charge in [-0.1, -0.05) is 61.5 Å². The third kappa shape index (κ3) is 5.15. The third-order valence-electron chi connectivity index (χ3n) is 5.16. The number of carbonyl (C=O) groups excluding carboxylic acids is 1. The van der Waals surface area contributed by atoms with Crippen LogP contribution in [0.3, 0.4) is 0 Å². The van der Waals surface area contributed by atoms with Crippen LogP contribution < -0.4 is 10.0 Å². The molecule has 8 nitrogen and oxygen atoms in total. The van der Waals surface area contributed by atoms with Crippen LogP contribution in [0.2, 0.25) is 0 Å². The number of nitrogens with zero attached hydrogens (tertiary/aromatic N) is 3. The maximum Gasteiger partial charge on any atom is 0.295 e. The highest BCUT2D eigenvalue weighted by Crippen LogP contribution is 2.26. The monoisotopic (exact) mass is 475 g/mol. The van der Waals surface area contributed by atoms with Crippen molar-refractivity contribution in [3.63, 3.8) is 0 Å². The summed E-state index contributed by atoms with van der Waals surface area (Å²) in [4.78, 5) is 17.6. The number of rotatable bonds is 8. The molecule has 174 valence electrons. The van der Waals surface area contributed by atoms with Gasteiger partial charge in [-0.05, 0) is 43.2 Å². The van der Waals surface area contributed by atoms with E-state index in [1.54, 1.807) is 36.7 Å². The van der Waals surface area contributed by atoms with E-state index < -0.39 is 15.9 Å². The van der Waals surface area contributed by atoms with Gasteiger partial charge in [0, 0.05) is 11.3 Å². The van der Waals surface area contributed by atoms with Crippen molar-refractivity contribution in [3.05, 3.63) is 90.3 Å². The molecule has 0 saturated carbocycles. The maximum absolute atomic E-state index is 13.1. The second kappa shape index (κ2) is 9.88. The van der Waals surface area contributed by atoms with Gasteiger partial charge in [0.25, 0.3) is 5.91 Å². The number of carbonyl (C=O) groups is 1. The van der Waals surface area contributed by atoms with Gasteiger partial charge in [-0.3, -0.25) is 9.52 Å². The number of para-hydroxylation sites is 1. The van der Waals surface area contributed by atoms with Crippen LogP contribution in [0.1, 0.15) is 29.5 Å². The van der Waals surface area contributed by atoms with E-state index in [1.165, 1.54) is 0 Å². The van der Waals surface area contributed by atoms with Crippen LogP contribution in [-0.2, 0) is 10.0 Å². The van der Waals surface area contributed by atoms with E-state index in [2.05, 4.69) is 20.1 Å². The van der Waals surface area contributed by atoms with Crippen molar-refractivity contribution in [1.82, 2.24) is 14.8 Å². The van der Waals surface area contributed by atoms with Crippen LogP contribution in [0, 0.1) is 6.92 Å². The van der Waals surface area contributed by atoms with Crippen LogP contribution in [-0.4, -0.2) is 34.8 Å². The van der Waals surface area contributed by atoms with E-state index in [-0.39, 0.29) is 11.6 Å². The zero-order chi connectivity index (χ0) is 24.1. The summed E-state index contributed by atoms with van der Waals surface area (Å²) in [5, 5.41) is 7.29. The Labute approximate surface area is 198 Å². The molecule has 0 bridgehead atoms. The average molecular weight is 476 g/mol. The number of hydrogen-bond donors (Lipinski definition) is 2. The molecule has 0 spiro atoms. The molecule has 1 aromatic heterocycles. The van der Waals surface area contributed by atoms with Crippen LogP contribution >= 0.6 is 0 Å².